The van der Waals surface area contributed by atoms with Crippen LogP contribution in [0.2, 0.25) is 0 Å². The van der Waals surface area contributed by atoms with E-state index >= 15 is 0 Å². The number of carbonyl (C=O) groups excluding carboxylic acids is 1. The van der Waals surface area contributed by atoms with Crippen molar-refractivity contribution in [1.82, 2.24) is 29.8 Å². The highest BCUT2D eigenvalue weighted by molar-refractivity contribution is 7.99. The zero-order chi connectivity index (χ0) is 16.8. The van der Waals surface area contributed by atoms with Crippen LogP contribution in [0.3, 0.4) is 0 Å². The molecule has 2 saturated carbocycles. The number of nitrogens with one attached hydrogen (secondary N) is 1. The topological polar surface area (TPSA) is 142 Å². The van der Waals surface area contributed by atoms with Crippen molar-refractivity contribution in [2.24, 2.45) is 0 Å². The second-order valence-corrected chi connectivity index (χ2v) is 6.91. The number of nitrogens with two attached hydrogens (primary N) is 1. The molecule has 0 aliphatic heterocycles. The summed E-state index contributed by atoms with van der Waals surface area (Å²) in [5.41, 5.74) is 4.45. The van der Waals surface area contributed by atoms with Gasteiger partial charge in [-0.3, -0.25) is 19.1 Å². The van der Waals surface area contributed by atoms with Crippen molar-refractivity contribution < 1.29 is 4.79 Å². The molecule has 2 aromatic rings. The molecule has 0 spiro atoms. The monoisotopic (exact) mass is 349 g/mol. The molecule has 0 bridgehead atoms. The van der Waals surface area contributed by atoms with Gasteiger partial charge in [-0.2, -0.15) is 0 Å². The van der Waals surface area contributed by atoms with Crippen molar-refractivity contribution in [3.05, 3.63) is 26.4 Å². The number of hydrogen-bond donors (Lipinski definition) is 2. The molecule has 0 aromatic carbocycles. The molecule has 2 aliphatic carbocycles. The number of anilines is 1. The van der Waals surface area contributed by atoms with Crippen LogP contribution in [0.25, 0.3) is 0 Å². The number of thioether (sulfide) groups is 1. The molecule has 2 aliphatic rings. The fourth-order valence-electron chi connectivity index (χ4n) is 2.56. The quantitative estimate of drug-likeness (QED) is 0.537. The number of tetrazole rings is 1. The zero-order valence-corrected chi connectivity index (χ0v) is 13.5. The van der Waals surface area contributed by atoms with Crippen LogP contribution in [0, 0.1) is 0 Å². The minimum atomic E-state index is -0.748. The number of aromatic nitrogens is 6. The minimum Gasteiger partial charge on any atom is -0.384 e. The number of carbonyl (C=O) groups is 1. The fraction of sp³-hybridized carbons (Fsp3) is 0.538. The van der Waals surface area contributed by atoms with Gasteiger partial charge in [-0.1, -0.05) is 11.8 Å². The molecule has 126 valence electrons. The van der Waals surface area contributed by atoms with Crippen LogP contribution >= 0.6 is 11.8 Å². The maximum absolute atomic E-state index is 12.5. The first kappa shape index (κ1) is 15.1. The third kappa shape index (κ3) is 2.64. The predicted molar refractivity (Wildman–Crippen MR) is 85.1 cm³/mol. The summed E-state index contributed by atoms with van der Waals surface area (Å²) in [5.74, 6) is -0.527. The molecule has 0 radical (unpaired) electrons. The van der Waals surface area contributed by atoms with Crippen LogP contribution in [0.4, 0.5) is 5.82 Å². The van der Waals surface area contributed by atoms with E-state index in [0.717, 1.165) is 37.4 Å². The maximum atomic E-state index is 12.5. The third-order valence-electron chi connectivity index (χ3n) is 4.06. The first-order valence-corrected chi connectivity index (χ1v) is 8.63. The van der Waals surface area contributed by atoms with Crippen LogP contribution in [0.5, 0.6) is 0 Å². The van der Waals surface area contributed by atoms with Crippen molar-refractivity contribution >= 4 is 23.4 Å². The summed E-state index contributed by atoms with van der Waals surface area (Å²) >= 11 is 1.16. The number of nitrogens with zero attached hydrogens (tertiary/aromatic N) is 5. The van der Waals surface area contributed by atoms with Gasteiger partial charge < -0.3 is 5.73 Å². The summed E-state index contributed by atoms with van der Waals surface area (Å²) in [6.07, 6.45) is 3.67. The Morgan fingerprint density at radius 3 is 2.62 bits per heavy atom. The molecular weight excluding hydrogens is 334 g/mol. The van der Waals surface area contributed by atoms with Gasteiger partial charge in [0.25, 0.3) is 5.56 Å². The summed E-state index contributed by atoms with van der Waals surface area (Å²) < 4.78 is 2.99. The van der Waals surface area contributed by atoms with E-state index in [2.05, 4.69) is 20.5 Å². The van der Waals surface area contributed by atoms with Gasteiger partial charge in [0.1, 0.15) is 11.4 Å². The first-order chi connectivity index (χ1) is 11.6. The number of H-pyrrole nitrogens is 1. The average Bonchev–Trinajstić information content (AvgIpc) is 3.45. The van der Waals surface area contributed by atoms with E-state index in [1.54, 1.807) is 4.68 Å². The predicted octanol–water partition coefficient (Wildman–Crippen LogP) is -0.250. The smallest absolute Gasteiger partial charge is 0.330 e. The van der Waals surface area contributed by atoms with Crippen molar-refractivity contribution in [2.75, 3.05) is 11.5 Å². The molecule has 0 unspecified atom stereocenters. The van der Waals surface area contributed by atoms with Crippen molar-refractivity contribution in [3.63, 3.8) is 0 Å². The Bertz CT molecular complexity index is 922. The summed E-state index contributed by atoms with van der Waals surface area (Å²) in [4.78, 5) is 38.5. The average molecular weight is 349 g/mol. The van der Waals surface area contributed by atoms with E-state index in [1.807, 2.05) is 0 Å². The highest BCUT2D eigenvalue weighted by Gasteiger charge is 2.31. The van der Waals surface area contributed by atoms with Gasteiger partial charge in [0.2, 0.25) is 5.16 Å². The standard InChI is InChI=1S/C13H15N7O3S/c14-10-9(11(22)15-12(23)19(10)6-1-2-6)8(21)5-24-13-16-17-18-20(13)7-3-4-7/h6-7H,1-5,14H2,(H,15,22,23). The van der Waals surface area contributed by atoms with E-state index in [-0.39, 0.29) is 23.2 Å². The number of hydrogen-bond acceptors (Lipinski definition) is 8. The van der Waals surface area contributed by atoms with Gasteiger partial charge in [0.15, 0.2) is 5.78 Å². The SMILES string of the molecule is Nc1c(C(=O)CSc2nnnn2C2CC2)c(=O)[nH]c(=O)n1C1CC1. The fourth-order valence-corrected chi connectivity index (χ4v) is 3.38. The second kappa shape index (κ2) is 5.58. The highest BCUT2D eigenvalue weighted by atomic mass is 32.2. The van der Waals surface area contributed by atoms with Gasteiger partial charge in [-0.25, -0.2) is 9.48 Å². The molecule has 24 heavy (non-hydrogen) atoms. The van der Waals surface area contributed by atoms with Crippen LogP contribution in [0.1, 0.15) is 48.1 Å². The third-order valence-corrected chi connectivity index (χ3v) is 4.99. The van der Waals surface area contributed by atoms with Gasteiger partial charge in [-0.15, -0.1) is 5.10 Å². The number of ketones is 1. The highest BCUT2D eigenvalue weighted by Crippen LogP contribution is 2.37. The summed E-state index contributed by atoms with van der Waals surface area (Å²) in [5, 5.41) is 12.0. The lowest BCUT2D eigenvalue weighted by Crippen LogP contribution is -2.36. The molecular formula is C13H15N7O3S. The zero-order valence-electron chi connectivity index (χ0n) is 12.6. The number of nitrogen functional groups attached to an aromatic ring is 1. The molecule has 3 N–H and O–H groups in total. The number of rotatable bonds is 6. The number of Topliss-reactive ketones (excluding diaryl/α,β-unsaturated/α-hetero) is 1. The maximum Gasteiger partial charge on any atom is 0.330 e. The van der Waals surface area contributed by atoms with Crippen LogP contribution < -0.4 is 17.0 Å². The van der Waals surface area contributed by atoms with E-state index in [4.69, 9.17) is 5.73 Å². The summed E-state index contributed by atoms with van der Waals surface area (Å²) in [7, 11) is 0. The Morgan fingerprint density at radius 1 is 1.25 bits per heavy atom. The molecule has 10 nitrogen and oxygen atoms in total. The summed E-state index contributed by atoms with van der Waals surface area (Å²) in [6, 6.07) is 0.263. The Kier molecular flexibility index (Phi) is 3.52. The van der Waals surface area contributed by atoms with Crippen LogP contribution in [-0.4, -0.2) is 41.3 Å². The van der Waals surface area contributed by atoms with Gasteiger partial charge in [0, 0.05) is 6.04 Å². The number of aromatic amines is 1. The Labute approximate surface area is 139 Å². The van der Waals surface area contributed by atoms with Crippen molar-refractivity contribution in [2.45, 2.75) is 42.9 Å². The van der Waals surface area contributed by atoms with E-state index in [0.29, 0.717) is 11.2 Å². The molecule has 0 saturated heterocycles. The molecule has 2 aromatic heterocycles. The second-order valence-electron chi connectivity index (χ2n) is 5.97. The Hall–Kier alpha value is -2.43. The first-order valence-electron chi connectivity index (χ1n) is 7.64. The van der Waals surface area contributed by atoms with E-state index in [9.17, 15) is 14.4 Å². The van der Waals surface area contributed by atoms with Gasteiger partial charge in [0.05, 0.1) is 11.8 Å². The lowest BCUT2D eigenvalue weighted by atomic mass is 10.2. The van der Waals surface area contributed by atoms with Crippen LogP contribution in [-0.2, 0) is 0 Å². The largest absolute Gasteiger partial charge is 0.384 e. The van der Waals surface area contributed by atoms with E-state index < -0.39 is 17.0 Å². The Balaban J connectivity index is 1.58. The van der Waals surface area contributed by atoms with Gasteiger partial charge >= 0.3 is 5.69 Å². The van der Waals surface area contributed by atoms with E-state index in [1.165, 1.54) is 4.57 Å². The lowest BCUT2D eigenvalue weighted by Gasteiger charge is -2.10. The molecule has 4 rings (SSSR count). The minimum absolute atomic E-state index is 0.0246. The lowest BCUT2D eigenvalue weighted by molar-refractivity contribution is 0.102. The normalized spacial score (nSPS) is 17.2. The molecule has 2 heterocycles. The molecule has 2 fully saturated rings. The molecule has 0 atom stereocenters. The van der Waals surface area contributed by atoms with Crippen LogP contribution in [0.15, 0.2) is 14.7 Å². The van der Waals surface area contributed by atoms with Gasteiger partial charge in [-0.05, 0) is 36.1 Å². The van der Waals surface area contributed by atoms with Crippen molar-refractivity contribution in [1.29, 1.82) is 0 Å². The molecule has 11 heteroatoms. The van der Waals surface area contributed by atoms with Crippen molar-refractivity contribution in [3.8, 4) is 0 Å². The molecule has 0 amide bonds. The summed E-state index contributed by atoms with van der Waals surface area (Å²) in [6.45, 7) is 0. The Morgan fingerprint density at radius 2 is 1.96 bits per heavy atom.